The first-order chi connectivity index (χ1) is 18.5. The second kappa shape index (κ2) is 8.48. The molecule has 5 aromatic heterocycles. The lowest BCUT2D eigenvalue weighted by molar-refractivity contribution is -0.117. The molecule has 0 unspecified atom stereocenters. The van der Waals surface area contributed by atoms with Crippen molar-refractivity contribution in [3.05, 3.63) is 73.1 Å². The number of fused-ring (bicyclic) bond motifs is 2. The summed E-state index contributed by atoms with van der Waals surface area (Å²) in [5, 5.41) is 21.8. The van der Waals surface area contributed by atoms with Crippen molar-refractivity contribution in [2.45, 2.75) is 12.8 Å². The van der Waals surface area contributed by atoms with Gasteiger partial charge in [-0.15, -0.1) is 0 Å². The summed E-state index contributed by atoms with van der Waals surface area (Å²) in [5.41, 5.74) is 6.07. The summed E-state index contributed by atoms with van der Waals surface area (Å²) in [5.74, 6) is -0.589. The Bertz CT molecular complexity index is 1850. The summed E-state index contributed by atoms with van der Waals surface area (Å²) in [6.45, 7) is 0. The highest BCUT2D eigenvalue weighted by Gasteiger charge is 2.29. The van der Waals surface area contributed by atoms with Crippen molar-refractivity contribution < 1.29 is 14.3 Å². The van der Waals surface area contributed by atoms with E-state index >= 15 is 0 Å². The molecule has 0 bridgehead atoms. The number of pyridine rings is 3. The molecule has 0 aliphatic heterocycles. The lowest BCUT2D eigenvalue weighted by Crippen LogP contribution is -2.13. The highest BCUT2D eigenvalue weighted by Crippen LogP contribution is 2.35. The number of carbonyl (C=O) groups excluding carboxylic acids is 1. The maximum absolute atomic E-state index is 14.0. The zero-order chi connectivity index (χ0) is 25.8. The predicted octanol–water partition coefficient (Wildman–Crippen LogP) is 5.42. The maximum atomic E-state index is 14.0. The zero-order valence-electron chi connectivity index (χ0n) is 19.9. The van der Waals surface area contributed by atoms with Gasteiger partial charge < -0.3 is 15.4 Å². The van der Waals surface area contributed by atoms with Gasteiger partial charge in [-0.1, -0.05) is 0 Å². The second-order valence-corrected chi connectivity index (χ2v) is 9.42. The number of aromatic nitrogens is 6. The minimum absolute atomic E-state index is 0.0239. The summed E-state index contributed by atoms with van der Waals surface area (Å²) in [7, 11) is 0. The maximum Gasteiger partial charge on any atom is 0.227 e. The molecular formula is C28H20FN7O2. The Labute approximate surface area is 214 Å². The molecular weight excluding hydrogens is 485 g/mol. The molecule has 10 heteroatoms. The van der Waals surface area contributed by atoms with Gasteiger partial charge in [-0.3, -0.25) is 19.9 Å². The van der Waals surface area contributed by atoms with Crippen LogP contribution < -0.4 is 5.32 Å². The van der Waals surface area contributed by atoms with Gasteiger partial charge in [-0.05, 0) is 49.2 Å². The first-order valence-electron chi connectivity index (χ1n) is 12.1. The van der Waals surface area contributed by atoms with E-state index in [1.165, 1.54) is 12.1 Å². The molecule has 1 amide bonds. The Morgan fingerprint density at radius 1 is 0.947 bits per heavy atom. The molecule has 0 radical (unpaired) electrons. The molecule has 0 saturated heterocycles. The minimum atomic E-state index is -0.544. The van der Waals surface area contributed by atoms with Gasteiger partial charge in [0.2, 0.25) is 5.91 Å². The van der Waals surface area contributed by atoms with E-state index in [0.29, 0.717) is 28.3 Å². The number of benzene rings is 1. The molecule has 5 heterocycles. The number of halogens is 1. The molecule has 0 spiro atoms. The van der Waals surface area contributed by atoms with Gasteiger partial charge in [0.1, 0.15) is 17.3 Å². The Kier molecular flexibility index (Phi) is 4.93. The Hall–Kier alpha value is -5.12. The van der Waals surface area contributed by atoms with Gasteiger partial charge in [0.25, 0.3) is 0 Å². The summed E-state index contributed by atoms with van der Waals surface area (Å²) in [6.07, 6.45) is 8.58. The van der Waals surface area contributed by atoms with E-state index in [9.17, 15) is 14.3 Å². The van der Waals surface area contributed by atoms with E-state index in [-0.39, 0.29) is 17.6 Å². The van der Waals surface area contributed by atoms with E-state index in [0.717, 1.165) is 52.0 Å². The van der Waals surface area contributed by atoms with Gasteiger partial charge in [-0.2, -0.15) is 5.10 Å². The fourth-order valence-corrected chi connectivity index (χ4v) is 4.64. The van der Waals surface area contributed by atoms with E-state index in [1.807, 2.05) is 24.3 Å². The van der Waals surface area contributed by atoms with Crippen LogP contribution in [0.2, 0.25) is 0 Å². The quantitative estimate of drug-likeness (QED) is 0.247. The van der Waals surface area contributed by atoms with Crippen molar-refractivity contribution >= 4 is 33.5 Å². The summed E-state index contributed by atoms with van der Waals surface area (Å²) in [6, 6.07) is 11.4. The van der Waals surface area contributed by atoms with Crippen LogP contribution in [0, 0.1) is 11.7 Å². The fraction of sp³-hybridized carbons (Fsp3) is 0.107. The van der Waals surface area contributed by atoms with Crippen molar-refractivity contribution in [2.75, 3.05) is 5.32 Å². The first kappa shape index (κ1) is 22.1. The Morgan fingerprint density at radius 2 is 1.82 bits per heavy atom. The first-order valence-corrected chi connectivity index (χ1v) is 12.1. The number of hydrogen-bond donors (Lipinski definition) is 4. The molecule has 6 aromatic rings. The van der Waals surface area contributed by atoms with Crippen molar-refractivity contribution in [2.24, 2.45) is 5.92 Å². The molecule has 1 aliphatic carbocycles. The van der Waals surface area contributed by atoms with Gasteiger partial charge >= 0.3 is 0 Å². The van der Waals surface area contributed by atoms with Gasteiger partial charge in [0.15, 0.2) is 5.65 Å². The normalized spacial score (nSPS) is 13.3. The number of nitrogens with one attached hydrogen (secondary N) is 3. The lowest BCUT2D eigenvalue weighted by atomic mass is 10.1. The van der Waals surface area contributed by atoms with Crippen LogP contribution in [-0.2, 0) is 4.79 Å². The minimum Gasteiger partial charge on any atom is -0.508 e. The summed E-state index contributed by atoms with van der Waals surface area (Å²) >= 11 is 0. The lowest BCUT2D eigenvalue weighted by Gasteiger charge is -2.07. The number of nitrogens with zero attached hydrogens (tertiary/aromatic N) is 4. The van der Waals surface area contributed by atoms with Crippen LogP contribution in [-0.4, -0.2) is 41.1 Å². The van der Waals surface area contributed by atoms with Crippen LogP contribution >= 0.6 is 0 Å². The van der Waals surface area contributed by atoms with Gasteiger partial charge in [0, 0.05) is 63.6 Å². The smallest absolute Gasteiger partial charge is 0.227 e. The van der Waals surface area contributed by atoms with Crippen LogP contribution in [0.4, 0.5) is 10.1 Å². The van der Waals surface area contributed by atoms with Crippen LogP contribution in [0.1, 0.15) is 12.8 Å². The Morgan fingerprint density at radius 3 is 2.66 bits per heavy atom. The van der Waals surface area contributed by atoms with Crippen molar-refractivity contribution in [1.29, 1.82) is 0 Å². The van der Waals surface area contributed by atoms with E-state index in [4.69, 9.17) is 0 Å². The number of H-pyrrole nitrogens is 2. The van der Waals surface area contributed by atoms with E-state index in [2.05, 4.69) is 35.5 Å². The van der Waals surface area contributed by atoms with Crippen LogP contribution in [0.15, 0.2) is 67.3 Å². The van der Waals surface area contributed by atoms with Crippen LogP contribution in [0.25, 0.3) is 55.7 Å². The number of aromatic hydroxyl groups is 1. The third-order valence-electron chi connectivity index (χ3n) is 6.66. The van der Waals surface area contributed by atoms with Crippen molar-refractivity contribution in [3.8, 4) is 39.5 Å². The molecule has 1 aromatic carbocycles. The van der Waals surface area contributed by atoms with E-state index < -0.39 is 5.82 Å². The topological polar surface area (TPSA) is 132 Å². The third-order valence-corrected chi connectivity index (χ3v) is 6.66. The number of phenolic OH excluding ortho intramolecular Hbond substituents is 1. The number of amides is 1. The monoisotopic (exact) mass is 505 g/mol. The average Bonchev–Trinajstić information content (AvgIpc) is 3.54. The van der Waals surface area contributed by atoms with Crippen LogP contribution in [0.5, 0.6) is 5.75 Å². The second-order valence-electron chi connectivity index (χ2n) is 9.42. The van der Waals surface area contributed by atoms with Gasteiger partial charge in [0.05, 0.1) is 23.3 Å². The number of anilines is 1. The van der Waals surface area contributed by atoms with Crippen LogP contribution in [0.3, 0.4) is 0 Å². The number of carbonyl (C=O) groups is 1. The standard InChI is InChI=1S/C28H20FN7O2/c29-18-5-15(7-20(37)9-18)25-21-10-24(34-23(21)3-4-31-25)26-22-8-17(12-32-27(22)36-35-26)16-6-19(13-30-11-16)33-28(38)14-1-2-14/h3-14,34,37H,1-2H2,(H,33,38)(H,32,35,36). The largest absolute Gasteiger partial charge is 0.508 e. The Balaban J connectivity index is 1.29. The zero-order valence-corrected chi connectivity index (χ0v) is 19.9. The highest BCUT2D eigenvalue weighted by molar-refractivity contribution is 6.00. The predicted molar refractivity (Wildman–Crippen MR) is 141 cm³/mol. The third kappa shape index (κ3) is 3.92. The SMILES string of the molecule is O=C(Nc1cncc(-c2cnc3[nH]nc(-c4cc5c(-c6cc(O)cc(F)c6)nccc5[nH]4)c3c2)c1)C1CC1. The number of hydrogen-bond acceptors (Lipinski definition) is 6. The molecule has 1 aliphatic rings. The molecule has 38 heavy (non-hydrogen) atoms. The fourth-order valence-electron chi connectivity index (χ4n) is 4.64. The highest BCUT2D eigenvalue weighted by atomic mass is 19.1. The molecule has 9 nitrogen and oxygen atoms in total. The number of phenols is 1. The van der Waals surface area contributed by atoms with Crippen molar-refractivity contribution in [3.63, 3.8) is 0 Å². The molecule has 186 valence electrons. The summed E-state index contributed by atoms with van der Waals surface area (Å²) < 4.78 is 14.0. The molecule has 4 N–H and O–H groups in total. The van der Waals surface area contributed by atoms with Crippen molar-refractivity contribution in [1.82, 2.24) is 30.1 Å². The average molecular weight is 506 g/mol. The molecule has 1 fully saturated rings. The molecule has 0 atom stereocenters. The molecule has 1 saturated carbocycles. The molecule has 7 rings (SSSR count). The van der Waals surface area contributed by atoms with E-state index in [1.54, 1.807) is 24.8 Å². The van der Waals surface area contributed by atoms with Gasteiger partial charge in [-0.25, -0.2) is 9.37 Å². The number of aromatic amines is 2. The summed E-state index contributed by atoms with van der Waals surface area (Å²) in [4.78, 5) is 28.8. The number of rotatable bonds is 5.